The molecule has 8 rings (SSSR count). The smallest absolute Gasteiger partial charge is 0.139 e. The highest BCUT2D eigenvalue weighted by atomic mass is 16.5. The summed E-state index contributed by atoms with van der Waals surface area (Å²) in [6, 6.07) is 48.0. The van der Waals surface area contributed by atoms with Gasteiger partial charge in [-0.25, -0.2) is 0 Å². The minimum atomic E-state index is -0.152. The summed E-state index contributed by atoms with van der Waals surface area (Å²) in [7, 11) is 0. The van der Waals surface area contributed by atoms with Crippen LogP contribution < -0.4 is 9.64 Å². The molecule has 6 aromatic carbocycles. The maximum Gasteiger partial charge on any atom is 0.139 e. The van der Waals surface area contributed by atoms with Gasteiger partial charge in [0.2, 0.25) is 0 Å². The standard InChI is InChI=1S/C43H35NO/c1-43(2)38-18-8-9-21-41(38)45-42-37(17-11-19-39(42)43)33-24-28-35(29-25-33)44(40-20-10-15-32-14-6-7-16-36(32)40)34-26-22-31(23-27-34)30-12-4-3-5-13-30/h4,6-29H,3,5H2,1-2H3. The van der Waals surface area contributed by atoms with E-state index in [0.29, 0.717) is 0 Å². The van der Waals surface area contributed by atoms with Crippen molar-refractivity contribution in [2.24, 2.45) is 0 Å². The molecule has 0 atom stereocenters. The lowest BCUT2D eigenvalue weighted by Gasteiger charge is -2.35. The van der Waals surface area contributed by atoms with Crippen LogP contribution in [0.2, 0.25) is 0 Å². The zero-order valence-corrected chi connectivity index (χ0v) is 25.7. The molecule has 0 fully saturated rings. The number of para-hydroxylation sites is 2. The summed E-state index contributed by atoms with van der Waals surface area (Å²) < 4.78 is 6.60. The fourth-order valence-electron chi connectivity index (χ4n) is 6.94. The molecule has 1 heterocycles. The summed E-state index contributed by atoms with van der Waals surface area (Å²) in [5.41, 5.74) is 10.5. The Labute approximate surface area is 265 Å². The Bertz CT molecular complexity index is 2090. The van der Waals surface area contributed by atoms with Crippen LogP contribution in [-0.4, -0.2) is 0 Å². The highest BCUT2D eigenvalue weighted by molar-refractivity contribution is 5.99. The Morgan fingerprint density at radius 1 is 0.600 bits per heavy atom. The van der Waals surface area contributed by atoms with E-state index in [4.69, 9.17) is 4.74 Å². The van der Waals surface area contributed by atoms with E-state index in [0.717, 1.165) is 52.5 Å². The van der Waals surface area contributed by atoms with Crippen molar-refractivity contribution in [3.05, 3.63) is 168 Å². The summed E-state index contributed by atoms with van der Waals surface area (Å²) in [6.07, 6.45) is 9.06. The van der Waals surface area contributed by atoms with Crippen LogP contribution in [0.5, 0.6) is 11.5 Å². The van der Waals surface area contributed by atoms with E-state index in [1.165, 1.54) is 33.0 Å². The lowest BCUT2D eigenvalue weighted by molar-refractivity contribution is 0.419. The van der Waals surface area contributed by atoms with Crippen molar-refractivity contribution in [3.8, 4) is 22.6 Å². The average molecular weight is 582 g/mol. The predicted molar refractivity (Wildman–Crippen MR) is 189 cm³/mol. The second kappa shape index (κ2) is 11.0. The van der Waals surface area contributed by atoms with Crippen LogP contribution >= 0.6 is 0 Å². The van der Waals surface area contributed by atoms with Gasteiger partial charge >= 0.3 is 0 Å². The molecule has 1 aliphatic carbocycles. The molecule has 2 heteroatoms. The number of hydrogen-bond donors (Lipinski definition) is 0. The van der Waals surface area contributed by atoms with Crippen molar-refractivity contribution in [3.63, 3.8) is 0 Å². The van der Waals surface area contributed by atoms with Gasteiger partial charge in [0.25, 0.3) is 0 Å². The highest BCUT2D eigenvalue weighted by Gasteiger charge is 2.35. The topological polar surface area (TPSA) is 12.5 Å². The van der Waals surface area contributed by atoms with Gasteiger partial charge in [0.1, 0.15) is 11.5 Å². The summed E-state index contributed by atoms with van der Waals surface area (Å²) in [6.45, 7) is 4.57. The van der Waals surface area contributed by atoms with Gasteiger partial charge in [0, 0.05) is 38.9 Å². The molecule has 0 saturated carbocycles. The molecule has 0 unspecified atom stereocenters. The quantitative estimate of drug-likeness (QED) is 0.201. The molecule has 1 aliphatic heterocycles. The molecule has 6 aromatic rings. The lowest BCUT2D eigenvalue weighted by Crippen LogP contribution is -2.24. The van der Waals surface area contributed by atoms with Crippen molar-refractivity contribution in [1.82, 2.24) is 0 Å². The van der Waals surface area contributed by atoms with E-state index in [1.807, 2.05) is 0 Å². The predicted octanol–water partition coefficient (Wildman–Crippen LogP) is 12.1. The first-order valence-corrected chi connectivity index (χ1v) is 15.8. The van der Waals surface area contributed by atoms with Gasteiger partial charge in [0.05, 0.1) is 5.69 Å². The van der Waals surface area contributed by atoms with E-state index in [-0.39, 0.29) is 5.41 Å². The number of anilines is 3. The highest BCUT2D eigenvalue weighted by Crippen LogP contribution is 2.51. The van der Waals surface area contributed by atoms with Crippen LogP contribution in [0.1, 0.15) is 43.4 Å². The van der Waals surface area contributed by atoms with Gasteiger partial charge in [-0.05, 0) is 71.3 Å². The molecular weight excluding hydrogens is 546 g/mol. The third-order valence-corrected chi connectivity index (χ3v) is 9.36. The molecule has 218 valence electrons. The first-order valence-electron chi connectivity index (χ1n) is 15.8. The minimum absolute atomic E-state index is 0.152. The van der Waals surface area contributed by atoms with Crippen molar-refractivity contribution in [1.29, 1.82) is 0 Å². The number of ether oxygens (including phenoxy) is 1. The molecule has 0 radical (unpaired) electrons. The van der Waals surface area contributed by atoms with Crippen LogP contribution in [0.15, 0.2) is 152 Å². The Morgan fingerprint density at radius 2 is 1.27 bits per heavy atom. The van der Waals surface area contributed by atoms with E-state index in [1.54, 1.807) is 0 Å². The Kier molecular flexibility index (Phi) is 6.64. The van der Waals surface area contributed by atoms with Gasteiger partial charge in [0.15, 0.2) is 0 Å². The molecule has 0 amide bonds. The fourth-order valence-corrected chi connectivity index (χ4v) is 6.94. The normalized spacial score (nSPS) is 14.7. The molecule has 0 saturated heterocycles. The molecule has 0 N–H and O–H groups in total. The Balaban J connectivity index is 1.22. The summed E-state index contributed by atoms with van der Waals surface area (Å²) in [5, 5.41) is 2.44. The number of fused-ring (bicyclic) bond motifs is 3. The van der Waals surface area contributed by atoms with E-state index in [2.05, 4.69) is 170 Å². The van der Waals surface area contributed by atoms with Crippen molar-refractivity contribution in [2.75, 3.05) is 4.90 Å². The first kappa shape index (κ1) is 27.2. The molecule has 45 heavy (non-hydrogen) atoms. The third kappa shape index (κ3) is 4.74. The monoisotopic (exact) mass is 581 g/mol. The molecular formula is C43H35NO. The van der Waals surface area contributed by atoms with Crippen LogP contribution in [0, 0.1) is 0 Å². The maximum absolute atomic E-state index is 6.60. The number of hydrogen-bond acceptors (Lipinski definition) is 2. The van der Waals surface area contributed by atoms with Gasteiger partial charge < -0.3 is 9.64 Å². The SMILES string of the molecule is CC1(C)c2ccccc2Oc2c(-c3ccc(N(c4ccc(C5=CCCC=C5)cc4)c4cccc5ccccc45)cc3)cccc21. The van der Waals surface area contributed by atoms with Crippen LogP contribution in [0.4, 0.5) is 17.1 Å². The van der Waals surface area contributed by atoms with E-state index < -0.39 is 0 Å². The Hall–Kier alpha value is -5.34. The second-order valence-electron chi connectivity index (χ2n) is 12.5. The van der Waals surface area contributed by atoms with E-state index >= 15 is 0 Å². The Morgan fingerprint density at radius 3 is 2.04 bits per heavy atom. The van der Waals surface area contributed by atoms with Gasteiger partial charge in [-0.3, -0.25) is 0 Å². The van der Waals surface area contributed by atoms with Crippen LogP contribution in [0.25, 0.3) is 27.5 Å². The second-order valence-corrected chi connectivity index (χ2v) is 12.5. The average Bonchev–Trinajstić information content (AvgIpc) is 3.09. The fraction of sp³-hybridized carbons (Fsp3) is 0.116. The van der Waals surface area contributed by atoms with Gasteiger partial charge in [-0.1, -0.05) is 129 Å². The third-order valence-electron chi connectivity index (χ3n) is 9.36. The zero-order chi connectivity index (χ0) is 30.4. The number of benzene rings is 6. The molecule has 0 spiro atoms. The first-order chi connectivity index (χ1) is 22.1. The summed E-state index contributed by atoms with van der Waals surface area (Å²) in [5.74, 6) is 1.88. The van der Waals surface area contributed by atoms with Gasteiger partial charge in [-0.15, -0.1) is 0 Å². The molecule has 0 aromatic heterocycles. The van der Waals surface area contributed by atoms with Crippen LogP contribution in [0.3, 0.4) is 0 Å². The van der Waals surface area contributed by atoms with Crippen molar-refractivity contribution in [2.45, 2.75) is 32.1 Å². The van der Waals surface area contributed by atoms with E-state index in [9.17, 15) is 0 Å². The van der Waals surface area contributed by atoms with Gasteiger partial charge in [-0.2, -0.15) is 0 Å². The largest absolute Gasteiger partial charge is 0.456 e. The molecule has 2 nitrogen and oxygen atoms in total. The number of allylic oxidation sites excluding steroid dienone is 4. The lowest BCUT2D eigenvalue weighted by atomic mass is 9.75. The maximum atomic E-state index is 6.60. The van der Waals surface area contributed by atoms with Crippen LogP contribution in [-0.2, 0) is 5.41 Å². The summed E-state index contributed by atoms with van der Waals surface area (Å²) in [4.78, 5) is 2.37. The number of nitrogens with zero attached hydrogens (tertiary/aromatic N) is 1. The summed E-state index contributed by atoms with van der Waals surface area (Å²) >= 11 is 0. The van der Waals surface area contributed by atoms with Crippen molar-refractivity contribution < 1.29 is 4.74 Å². The zero-order valence-electron chi connectivity index (χ0n) is 25.7. The molecule has 0 bridgehead atoms. The van der Waals surface area contributed by atoms with Crippen molar-refractivity contribution >= 4 is 33.4 Å². The molecule has 2 aliphatic rings. The number of rotatable bonds is 5. The minimum Gasteiger partial charge on any atom is -0.456 e.